The van der Waals surface area contributed by atoms with E-state index in [1.54, 1.807) is 6.08 Å². The Bertz CT molecular complexity index is 1230. The second kappa shape index (κ2) is 12.8. The van der Waals surface area contributed by atoms with Crippen molar-refractivity contribution < 1.29 is 50.5 Å². The minimum atomic E-state index is -4.84. The maximum Gasteiger partial charge on any atom is 0.419 e. The lowest BCUT2D eigenvalue weighted by molar-refractivity contribution is -0.140. The monoisotopic (exact) mass is 573 g/mol. The van der Waals surface area contributed by atoms with Crippen LogP contribution >= 0.6 is 0 Å². The number of piperidine rings is 1. The molecule has 218 valence electrons. The topological polar surface area (TPSA) is 68.2 Å². The fourth-order valence-electron chi connectivity index (χ4n) is 4.86. The number of hydrogen-bond donors (Lipinski definition) is 1. The second-order valence-corrected chi connectivity index (χ2v) is 9.91. The number of nitrogens with zero attached hydrogens (tertiary/aromatic N) is 1. The number of carbonyl (C=O) groups is 1. The highest BCUT2D eigenvalue weighted by Gasteiger charge is 2.35. The number of carboxylic acids is 1. The first-order chi connectivity index (χ1) is 19.0. The van der Waals surface area contributed by atoms with Gasteiger partial charge in [-0.05, 0) is 54.6 Å². The highest BCUT2D eigenvalue weighted by molar-refractivity contribution is 5.67. The van der Waals surface area contributed by atoms with E-state index in [9.17, 15) is 31.1 Å². The van der Waals surface area contributed by atoms with E-state index >= 15 is 0 Å². The normalized spacial score (nSPS) is 17.7. The van der Waals surface area contributed by atoms with Crippen molar-refractivity contribution in [1.29, 1.82) is 0 Å². The van der Waals surface area contributed by atoms with Crippen LogP contribution in [-0.4, -0.2) is 61.7 Å². The van der Waals surface area contributed by atoms with Crippen LogP contribution in [0.5, 0.6) is 17.2 Å². The van der Waals surface area contributed by atoms with Gasteiger partial charge in [-0.15, -0.1) is 0 Å². The predicted molar refractivity (Wildman–Crippen MR) is 133 cm³/mol. The average molecular weight is 574 g/mol. The first kappa shape index (κ1) is 29.6. The quantitative estimate of drug-likeness (QED) is 0.329. The molecular weight excluding hydrogens is 544 g/mol. The zero-order chi connectivity index (χ0) is 28.9. The Morgan fingerprint density at radius 1 is 1.18 bits per heavy atom. The molecule has 12 heteroatoms. The fraction of sp³-hybridized carbons (Fsp3) is 0.464. The average Bonchev–Trinajstić information content (AvgIpc) is 2.90. The van der Waals surface area contributed by atoms with E-state index in [1.165, 1.54) is 12.1 Å². The molecular formula is C28H29F6NO5. The molecule has 1 saturated heterocycles. The van der Waals surface area contributed by atoms with Crippen molar-refractivity contribution >= 4 is 12.0 Å². The summed E-state index contributed by atoms with van der Waals surface area (Å²) in [4.78, 5) is 13.2. The molecule has 4 rings (SSSR count). The fourth-order valence-corrected chi connectivity index (χ4v) is 4.86. The summed E-state index contributed by atoms with van der Waals surface area (Å²) in [5.41, 5.74) is -0.0635. The molecule has 40 heavy (non-hydrogen) atoms. The van der Waals surface area contributed by atoms with Gasteiger partial charge in [-0.3, -0.25) is 9.69 Å². The minimum absolute atomic E-state index is 0.0458. The van der Waals surface area contributed by atoms with Crippen molar-refractivity contribution in [3.63, 3.8) is 0 Å². The maximum absolute atomic E-state index is 15.0. The van der Waals surface area contributed by atoms with E-state index in [-0.39, 0.29) is 48.2 Å². The summed E-state index contributed by atoms with van der Waals surface area (Å²) in [7, 11) is 0. The Morgan fingerprint density at radius 3 is 2.65 bits per heavy atom. The molecule has 0 bridgehead atoms. The van der Waals surface area contributed by atoms with Crippen LogP contribution in [0.4, 0.5) is 26.3 Å². The molecule has 2 aromatic carbocycles. The van der Waals surface area contributed by atoms with Gasteiger partial charge in [0.1, 0.15) is 49.6 Å². The van der Waals surface area contributed by atoms with Crippen LogP contribution in [0.15, 0.2) is 35.9 Å². The van der Waals surface area contributed by atoms with Crippen LogP contribution in [0.25, 0.3) is 6.08 Å². The summed E-state index contributed by atoms with van der Waals surface area (Å²) >= 11 is 0. The van der Waals surface area contributed by atoms with Crippen LogP contribution < -0.4 is 14.2 Å². The van der Waals surface area contributed by atoms with E-state index in [1.807, 2.05) is 0 Å². The maximum atomic E-state index is 15.0. The van der Waals surface area contributed by atoms with E-state index in [0.29, 0.717) is 13.1 Å². The summed E-state index contributed by atoms with van der Waals surface area (Å²) < 4.78 is 97.2. The number of fused-ring (bicyclic) bond motifs is 1. The Morgan fingerprint density at radius 2 is 1.95 bits per heavy atom. The summed E-state index contributed by atoms with van der Waals surface area (Å²) in [5.74, 6) is -1.81. The lowest BCUT2D eigenvalue weighted by Gasteiger charge is -2.33. The molecule has 0 aliphatic carbocycles. The summed E-state index contributed by atoms with van der Waals surface area (Å²) in [6.07, 6.45) is -2.95. The van der Waals surface area contributed by atoms with Crippen LogP contribution in [0.2, 0.25) is 0 Å². The summed E-state index contributed by atoms with van der Waals surface area (Å²) in [6.45, 7) is -0.742. The number of hydrogen-bond acceptors (Lipinski definition) is 5. The zero-order valence-corrected chi connectivity index (χ0v) is 21.5. The number of benzene rings is 2. The highest BCUT2D eigenvalue weighted by Crippen LogP contribution is 2.38. The molecule has 0 saturated carbocycles. The Labute approximate surface area is 227 Å². The van der Waals surface area contributed by atoms with Crippen LogP contribution in [0, 0.1) is 11.7 Å². The molecule has 2 heterocycles. The van der Waals surface area contributed by atoms with Gasteiger partial charge < -0.3 is 19.3 Å². The van der Waals surface area contributed by atoms with Crippen molar-refractivity contribution in [2.45, 2.75) is 38.1 Å². The Kier molecular flexibility index (Phi) is 9.49. The molecule has 1 atom stereocenters. The molecule has 0 unspecified atom stereocenters. The van der Waals surface area contributed by atoms with Gasteiger partial charge in [0.25, 0.3) is 0 Å². The van der Waals surface area contributed by atoms with Gasteiger partial charge >= 0.3 is 12.1 Å². The van der Waals surface area contributed by atoms with Crippen molar-refractivity contribution in [3.8, 4) is 17.2 Å². The molecule has 2 aromatic rings. The number of carboxylic acid groups (broad SMARTS) is 1. The van der Waals surface area contributed by atoms with Gasteiger partial charge in [-0.1, -0.05) is 6.07 Å². The number of likely N-dealkylation sites (tertiary alicyclic amines) is 1. The third-order valence-electron chi connectivity index (χ3n) is 6.71. The van der Waals surface area contributed by atoms with E-state index in [0.717, 1.165) is 43.2 Å². The van der Waals surface area contributed by atoms with E-state index in [2.05, 4.69) is 4.90 Å². The minimum Gasteiger partial charge on any atom is -0.489 e. The Hall–Kier alpha value is -3.41. The van der Waals surface area contributed by atoms with Crippen LogP contribution in [0.1, 0.15) is 36.0 Å². The van der Waals surface area contributed by atoms with Gasteiger partial charge in [-0.2, -0.15) is 13.2 Å². The van der Waals surface area contributed by atoms with Gasteiger partial charge in [-0.25, -0.2) is 13.2 Å². The zero-order valence-electron chi connectivity index (χ0n) is 21.5. The van der Waals surface area contributed by atoms with Crippen LogP contribution in [0.3, 0.4) is 0 Å². The van der Waals surface area contributed by atoms with Crippen LogP contribution in [-0.2, 0) is 17.6 Å². The number of halogens is 6. The molecule has 1 fully saturated rings. The number of ether oxygens (including phenoxy) is 3. The smallest absolute Gasteiger partial charge is 0.419 e. The molecule has 6 nitrogen and oxygen atoms in total. The molecule has 1 N–H and O–H groups in total. The lowest BCUT2D eigenvalue weighted by atomic mass is 9.94. The molecule has 0 spiro atoms. The first-order valence-electron chi connectivity index (χ1n) is 12.8. The molecule has 0 radical (unpaired) electrons. The van der Waals surface area contributed by atoms with Gasteiger partial charge in [0, 0.05) is 31.6 Å². The van der Waals surface area contributed by atoms with Crippen molar-refractivity contribution in [1.82, 2.24) is 4.90 Å². The second-order valence-electron chi connectivity index (χ2n) is 9.91. The largest absolute Gasteiger partial charge is 0.489 e. The molecule has 2 aliphatic rings. The van der Waals surface area contributed by atoms with Crippen molar-refractivity contribution in [2.75, 3.05) is 39.6 Å². The van der Waals surface area contributed by atoms with Gasteiger partial charge in [0.2, 0.25) is 0 Å². The number of rotatable bonds is 11. The number of alkyl halides is 5. The van der Waals surface area contributed by atoms with Gasteiger partial charge in [0.05, 0.1) is 11.1 Å². The summed E-state index contributed by atoms with van der Waals surface area (Å²) in [5, 5.41) is 9.06. The SMILES string of the molecule is O=C(O)C[C@H]1CCCN(CC2=Cc3c(F)cc(OCc4ccc(OC(CF)CF)c(C(F)(F)F)c4)cc3OC2)C1. The molecule has 0 aromatic heterocycles. The third kappa shape index (κ3) is 7.61. The Balaban J connectivity index is 1.43. The van der Waals surface area contributed by atoms with E-state index < -0.39 is 48.7 Å². The highest BCUT2D eigenvalue weighted by atomic mass is 19.4. The van der Waals surface area contributed by atoms with Gasteiger partial charge in [0.15, 0.2) is 6.10 Å². The molecule has 2 aliphatic heterocycles. The molecule has 0 amide bonds. The third-order valence-corrected chi connectivity index (χ3v) is 6.71. The standard InChI is InChI=1S/C28H29F6NO5/c29-11-21(12-30)40-25-4-3-18(7-23(25)28(32,33)34)15-38-20-9-24(31)22-6-19(16-39-26(22)10-20)14-35-5-1-2-17(13-35)8-27(36)37/h3-4,6-7,9-10,17,21H,1-2,5,8,11-16H2,(H,36,37)/t17-/m1/s1. The summed E-state index contributed by atoms with van der Waals surface area (Å²) in [6, 6.07) is 5.55. The van der Waals surface area contributed by atoms with Crippen molar-refractivity contribution in [3.05, 3.63) is 58.4 Å². The number of aliphatic carboxylic acids is 1. The van der Waals surface area contributed by atoms with Crippen molar-refractivity contribution in [2.24, 2.45) is 5.92 Å². The lowest BCUT2D eigenvalue weighted by Crippen LogP contribution is -2.38. The first-order valence-corrected chi connectivity index (χ1v) is 12.8. The van der Waals surface area contributed by atoms with E-state index in [4.69, 9.17) is 19.3 Å². The predicted octanol–water partition coefficient (Wildman–Crippen LogP) is 6.07.